The molecule has 0 rings (SSSR count). The van der Waals surface area contributed by atoms with Gasteiger partial charge in [0.15, 0.2) is 0 Å². The topological polar surface area (TPSA) is 158 Å². The Morgan fingerprint density at radius 3 is 0.556 bits per heavy atom. The lowest BCUT2D eigenvalue weighted by Gasteiger charge is -2.31. The molecular weight excluding hydrogens is 1230 g/mol. The van der Waals surface area contributed by atoms with Crippen LogP contribution in [-0.4, -0.2) is 134 Å². The minimum absolute atomic E-state index is 0.183. The SMILES string of the molecule is CCCCCCCCCCCCSCCC(=O)OCC(COC(=O)CCSCCCCCCCCCCCC)(COC(=O)CCSCCCCCCCCCCCC)COC(=O)CCSCCCCCCCCCCCC.COC(=O)CCSCCC(=O)OC. The maximum Gasteiger partial charge on any atom is 0.306 e. The highest BCUT2D eigenvalue weighted by molar-refractivity contribution is 8.00. The number of carbonyl (C=O) groups excluding carboxylic acids is 6. The molecule has 0 heterocycles. The molecule has 0 aliphatic heterocycles. The summed E-state index contributed by atoms with van der Waals surface area (Å²) in [5.41, 5.74) is -1.23. The number of methoxy groups -OCH3 is 2. The second-order valence-electron chi connectivity index (χ2n) is 24.6. The number of hydrogen-bond donors (Lipinski definition) is 0. The highest BCUT2D eigenvalue weighted by Crippen LogP contribution is 2.25. The molecule has 532 valence electrons. The largest absolute Gasteiger partial charge is 0.469 e. The van der Waals surface area contributed by atoms with Crippen molar-refractivity contribution in [1.29, 1.82) is 0 Å². The molecule has 0 aromatic heterocycles. The summed E-state index contributed by atoms with van der Waals surface area (Å²) in [4.78, 5) is 74.4. The normalized spacial score (nSPS) is 11.3. The molecule has 0 saturated heterocycles. The van der Waals surface area contributed by atoms with Gasteiger partial charge in [-0.25, -0.2) is 0 Å². The minimum atomic E-state index is -1.23. The summed E-state index contributed by atoms with van der Waals surface area (Å²) < 4.78 is 32.6. The first-order valence-electron chi connectivity index (χ1n) is 36.7. The van der Waals surface area contributed by atoms with Gasteiger partial charge in [0.05, 0.1) is 52.7 Å². The van der Waals surface area contributed by atoms with Gasteiger partial charge in [0.25, 0.3) is 0 Å². The third-order valence-corrected chi connectivity index (χ3v) is 21.2. The maximum absolute atomic E-state index is 13.3. The van der Waals surface area contributed by atoms with E-state index in [1.165, 1.54) is 257 Å². The Balaban J connectivity index is 0. The van der Waals surface area contributed by atoms with Gasteiger partial charge in [-0.1, -0.05) is 259 Å². The van der Waals surface area contributed by atoms with Gasteiger partial charge in [-0.15, -0.1) is 0 Å². The van der Waals surface area contributed by atoms with Crippen molar-refractivity contribution in [2.75, 3.05) is 98.2 Å². The predicted octanol–water partition coefficient (Wildman–Crippen LogP) is 21.2. The van der Waals surface area contributed by atoms with E-state index in [9.17, 15) is 28.8 Å². The van der Waals surface area contributed by atoms with Crippen molar-refractivity contribution in [1.82, 2.24) is 0 Å². The van der Waals surface area contributed by atoms with Gasteiger partial charge in [0.2, 0.25) is 0 Å². The number of rotatable bonds is 70. The molecule has 0 atom stereocenters. The van der Waals surface area contributed by atoms with Crippen molar-refractivity contribution in [2.45, 2.75) is 323 Å². The first kappa shape index (κ1) is 90.6. The zero-order valence-corrected chi connectivity index (χ0v) is 62.9. The minimum Gasteiger partial charge on any atom is -0.469 e. The van der Waals surface area contributed by atoms with Crippen LogP contribution in [-0.2, 0) is 57.2 Å². The van der Waals surface area contributed by atoms with Crippen LogP contribution in [0.3, 0.4) is 0 Å². The average molecular weight is 1370 g/mol. The van der Waals surface area contributed by atoms with E-state index in [1.807, 2.05) is 0 Å². The van der Waals surface area contributed by atoms with E-state index in [1.54, 1.807) is 47.0 Å². The van der Waals surface area contributed by atoms with Crippen LogP contribution >= 0.6 is 58.8 Å². The van der Waals surface area contributed by atoms with Crippen LogP contribution in [0.5, 0.6) is 0 Å². The van der Waals surface area contributed by atoms with Crippen LogP contribution in [0.1, 0.15) is 323 Å². The Morgan fingerprint density at radius 2 is 0.378 bits per heavy atom. The van der Waals surface area contributed by atoms with Gasteiger partial charge in [0, 0.05) is 34.5 Å². The van der Waals surface area contributed by atoms with Gasteiger partial charge in [-0.05, 0) is 48.7 Å². The van der Waals surface area contributed by atoms with E-state index in [2.05, 4.69) is 37.2 Å². The number of carbonyl (C=O) groups is 6. The molecule has 0 aromatic rings. The molecule has 0 bridgehead atoms. The monoisotopic (exact) mass is 1370 g/mol. The molecule has 0 fully saturated rings. The molecule has 0 radical (unpaired) electrons. The summed E-state index contributed by atoms with van der Waals surface area (Å²) >= 11 is 8.65. The van der Waals surface area contributed by atoms with Crippen LogP contribution < -0.4 is 0 Å². The highest BCUT2D eigenvalue weighted by atomic mass is 32.2. The van der Waals surface area contributed by atoms with E-state index in [-0.39, 0.29) is 87.9 Å². The van der Waals surface area contributed by atoms with Crippen LogP contribution in [0, 0.1) is 5.41 Å². The van der Waals surface area contributed by atoms with Crippen molar-refractivity contribution in [3.05, 3.63) is 0 Å². The molecule has 0 aliphatic rings. The summed E-state index contributed by atoms with van der Waals surface area (Å²) in [5, 5.41) is 0. The fourth-order valence-electron chi connectivity index (χ4n) is 9.89. The average Bonchev–Trinajstić information content (AvgIpc) is 1.99. The molecule has 0 amide bonds. The lowest BCUT2D eigenvalue weighted by atomic mass is 9.92. The Hall–Kier alpha value is -1.43. The Kier molecular flexibility index (Phi) is 75.5. The number of esters is 6. The van der Waals surface area contributed by atoms with Crippen molar-refractivity contribution in [2.24, 2.45) is 5.41 Å². The second kappa shape index (κ2) is 75.0. The van der Waals surface area contributed by atoms with E-state index in [0.29, 0.717) is 47.4 Å². The molecule has 90 heavy (non-hydrogen) atoms. The Bertz CT molecular complexity index is 1390. The molecule has 0 N–H and O–H groups in total. The van der Waals surface area contributed by atoms with Crippen LogP contribution in [0.2, 0.25) is 0 Å². The van der Waals surface area contributed by atoms with E-state index < -0.39 is 5.41 Å². The lowest BCUT2D eigenvalue weighted by molar-refractivity contribution is -0.170. The van der Waals surface area contributed by atoms with Crippen molar-refractivity contribution >= 4 is 94.6 Å². The number of thioether (sulfide) groups is 5. The van der Waals surface area contributed by atoms with Gasteiger partial charge >= 0.3 is 35.8 Å². The molecule has 0 aliphatic carbocycles. The molecule has 0 saturated carbocycles. The van der Waals surface area contributed by atoms with Gasteiger partial charge in [0.1, 0.15) is 31.8 Å². The Morgan fingerprint density at radius 1 is 0.222 bits per heavy atom. The zero-order valence-electron chi connectivity index (χ0n) is 58.9. The van der Waals surface area contributed by atoms with Gasteiger partial charge < -0.3 is 28.4 Å². The van der Waals surface area contributed by atoms with E-state index >= 15 is 0 Å². The molecule has 17 heteroatoms. The van der Waals surface area contributed by atoms with Crippen LogP contribution in [0.25, 0.3) is 0 Å². The summed E-state index contributed by atoms with van der Waals surface area (Å²) in [6.45, 7) is 8.31. The molecule has 12 nitrogen and oxygen atoms in total. The highest BCUT2D eigenvalue weighted by Gasteiger charge is 2.38. The third-order valence-electron chi connectivity index (χ3n) is 15.9. The summed E-state index contributed by atoms with van der Waals surface area (Å²) in [6.07, 6.45) is 53.7. The zero-order chi connectivity index (χ0) is 66.2. The smallest absolute Gasteiger partial charge is 0.306 e. The second-order valence-corrected chi connectivity index (χ2v) is 30.7. The molecule has 0 spiro atoms. The van der Waals surface area contributed by atoms with Crippen molar-refractivity contribution in [3.8, 4) is 0 Å². The number of hydrogen-bond acceptors (Lipinski definition) is 17. The summed E-state index contributed by atoms with van der Waals surface area (Å²) in [5.74, 6) is 6.21. The van der Waals surface area contributed by atoms with Gasteiger partial charge in [-0.3, -0.25) is 28.8 Å². The summed E-state index contributed by atoms with van der Waals surface area (Å²) in [6, 6.07) is 0. The molecule has 0 unspecified atom stereocenters. The predicted molar refractivity (Wildman–Crippen MR) is 392 cm³/mol. The summed E-state index contributed by atoms with van der Waals surface area (Å²) in [7, 11) is 2.73. The quantitative estimate of drug-likeness (QED) is 0.0321. The van der Waals surface area contributed by atoms with Crippen molar-refractivity contribution < 1.29 is 57.2 Å². The molecule has 0 aromatic carbocycles. The molecular formula is C73H138O12S5. The van der Waals surface area contributed by atoms with Crippen LogP contribution in [0.15, 0.2) is 0 Å². The fourth-order valence-corrected chi connectivity index (χ4v) is 14.4. The maximum atomic E-state index is 13.3. The number of unbranched alkanes of at least 4 members (excludes halogenated alkanes) is 36. The third kappa shape index (κ3) is 70.9. The van der Waals surface area contributed by atoms with E-state index in [0.717, 1.165) is 48.7 Å². The first-order valence-corrected chi connectivity index (χ1v) is 42.4. The standard InChI is InChI=1S/C65H124O8S4.C8H14O4S/c1-5-9-13-17-21-25-29-33-37-41-49-74-53-45-61(66)70-57-65(58-71-62(67)46-54-75-50-42-38-34-30-26-22-18-14-10-6-2,59-72-63(68)47-55-76-51-43-39-35-31-27-23-19-15-11-7-3)60-73-64(69)48-56-77-52-44-40-36-32-28-24-20-16-12-8-4;1-11-7(9)3-5-13-6-4-8(10)12-2/h5-60H2,1-4H3;3-6H2,1-2H3. The van der Waals surface area contributed by atoms with Crippen LogP contribution in [0.4, 0.5) is 0 Å². The number of ether oxygens (including phenoxy) is 6. The van der Waals surface area contributed by atoms with Gasteiger partial charge in [-0.2, -0.15) is 58.8 Å². The van der Waals surface area contributed by atoms with Crippen molar-refractivity contribution in [3.63, 3.8) is 0 Å². The lowest BCUT2D eigenvalue weighted by Crippen LogP contribution is -2.44. The fraction of sp³-hybridized carbons (Fsp3) is 0.918. The Labute approximate surface area is 574 Å². The first-order chi connectivity index (χ1) is 44.0. The van der Waals surface area contributed by atoms with E-state index in [4.69, 9.17) is 18.9 Å².